The molecule has 9 heavy (non-hydrogen) atoms. The monoisotopic (exact) mass is 127 g/mol. The van der Waals surface area contributed by atoms with Crippen LogP contribution in [0, 0.1) is 5.92 Å². The van der Waals surface area contributed by atoms with E-state index >= 15 is 0 Å². The van der Waals surface area contributed by atoms with Crippen LogP contribution in [0.5, 0.6) is 0 Å². The van der Waals surface area contributed by atoms with Gasteiger partial charge in [0.2, 0.25) is 0 Å². The largest absolute Gasteiger partial charge is 0.326 e. The van der Waals surface area contributed by atoms with E-state index in [1.54, 1.807) is 0 Å². The van der Waals surface area contributed by atoms with E-state index in [1.165, 1.54) is 13.1 Å². The first-order valence-corrected chi connectivity index (χ1v) is 3.70. The van der Waals surface area contributed by atoms with E-state index in [9.17, 15) is 0 Å². The molecule has 3 heterocycles. The quantitative estimate of drug-likeness (QED) is 0.498. The molecule has 3 saturated heterocycles. The van der Waals surface area contributed by atoms with Crippen molar-refractivity contribution >= 4 is 0 Å². The molecule has 3 aliphatic heterocycles. The van der Waals surface area contributed by atoms with Gasteiger partial charge in [-0.15, -0.1) is 0 Å². The van der Waals surface area contributed by atoms with Crippen LogP contribution in [0.25, 0.3) is 0 Å². The highest BCUT2D eigenvalue weighted by Gasteiger charge is 2.31. The van der Waals surface area contributed by atoms with E-state index in [0.717, 1.165) is 19.4 Å². The van der Waals surface area contributed by atoms with Crippen LogP contribution >= 0.6 is 0 Å². The van der Waals surface area contributed by atoms with E-state index < -0.39 is 6.02 Å². The SMILES string of the molecule is [2H][C@@]1(N)CN2CCC1CC2. The van der Waals surface area contributed by atoms with Gasteiger partial charge in [-0.2, -0.15) is 0 Å². The lowest BCUT2D eigenvalue weighted by Crippen LogP contribution is -2.54. The molecule has 0 unspecified atom stereocenters. The molecule has 0 radical (unpaired) electrons. The lowest BCUT2D eigenvalue weighted by atomic mass is 9.85. The smallest absolute Gasteiger partial charge is 0.0479 e. The molecule has 2 heteroatoms. The molecule has 2 nitrogen and oxygen atoms in total. The fourth-order valence-electron chi connectivity index (χ4n) is 1.85. The normalized spacial score (nSPS) is 59.4. The second-order valence-corrected chi connectivity index (χ2v) is 3.13. The minimum atomic E-state index is -0.628. The van der Waals surface area contributed by atoms with E-state index in [4.69, 9.17) is 7.10 Å². The molecule has 3 rings (SSSR count). The Morgan fingerprint density at radius 1 is 1.44 bits per heavy atom. The number of fused-ring (bicyclic) bond motifs is 3. The molecule has 0 aromatic carbocycles. The van der Waals surface area contributed by atoms with E-state index in [-0.39, 0.29) is 0 Å². The Balaban J connectivity index is 2.15. The first-order valence-electron chi connectivity index (χ1n) is 4.20. The Labute approximate surface area is 57.4 Å². The molecule has 2 N–H and O–H groups in total. The summed E-state index contributed by atoms with van der Waals surface area (Å²) in [6, 6.07) is -0.628. The zero-order valence-electron chi connectivity index (χ0n) is 6.64. The van der Waals surface area contributed by atoms with Gasteiger partial charge in [-0.3, -0.25) is 0 Å². The maximum atomic E-state index is 7.75. The summed E-state index contributed by atoms with van der Waals surface area (Å²) >= 11 is 0. The van der Waals surface area contributed by atoms with Crippen LogP contribution < -0.4 is 5.73 Å². The number of hydrogen-bond donors (Lipinski definition) is 1. The topological polar surface area (TPSA) is 29.3 Å². The molecule has 52 valence electrons. The van der Waals surface area contributed by atoms with E-state index in [1.807, 2.05) is 0 Å². The highest BCUT2D eigenvalue weighted by Crippen LogP contribution is 2.25. The standard InChI is InChI=1S/C7H14N2/c8-7-5-9-3-1-6(7)2-4-9/h6-7H,1-5,8H2/t7-/m1/s1/i7D. The van der Waals surface area contributed by atoms with Crippen molar-refractivity contribution < 1.29 is 1.37 Å². The fourth-order valence-corrected chi connectivity index (χ4v) is 1.85. The number of nitrogens with zero attached hydrogens (tertiary/aromatic N) is 1. The van der Waals surface area contributed by atoms with Gasteiger partial charge in [-0.25, -0.2) is 0 Å². The molecule has 0 spiro atoms. The summed E-state index contributed by atoms with van der Waals surface area (Å²) < 4.78 is 7.75. The van der Waals surface area contributed by atoms with E-state index in [0.29, 0.717) is 5.92 Å². The van der Waals surface area contributed by atoms with Crippen LogP contribution in [0.3, 0.4) is 0 Å². The Morgan fingerprint density at radius 3 is 2.33 bits per heavy atom. The number of hydrogen-bond acceptors (Lipinski definition) is 2. The van der Waals surface area contributed by atoms with Gasteiger partial charge < -0.3 is 10.6 Å². The predicted octanol–water partition coefficient (Wildman–Crippen LogP) is 0.0393. The zero-order chi connectivity index (χ0) is 7.19. The molecule has 2 bridgehead atoms. The van der Waals surface area contributed by atoms with Crippen LogP contribution in [0.4, 0.5) is 0 Å². The maximum Gasteiger partial charge on any atom is 0.0479 e. The Hall–Kier alpha value is -0.0800. The van der Waals surface area contributed by atoms with Gasteiger partial charge in [0.05, 0.1) is 0 Å². The minimum absolute atomic E-state index is 0.470. The van der Waals surface area contributed by atoms with Crippen molar-refractivity contribution in [2.75, 3.05) is 19.6 Å². The zero-order valence-corrected chi connectivity index (χ0v) is 5.64. The Kier molecular flexibility index (Phi) is 1.02. The average molecular weight is 127 g/mol. The van der Waals surface area contributed by atoms with Gasteiger partial charge in [-0.05, 0) is 31.8 Å². The van der Waals surface area contributed by atoms with Crippen LogP contribution in [0.15, 0.2) is 0 Å². The molecule has 0 aromatic heterocycles. The van der Waals surface area contributed by atoms with E-state index in [2.05, 4.69) is 4.90 Å². The molecule has 3 aliphatic rings. The summed E-state index contributed by atoms with van der Waals surface area (Å²) in [5.74, 6) is 0.470. The molecule has 0 saturated carbocycles. The number of nitrogens with two attached hydrogens (primary N) is 1. The van der Waals surface area contributed by atoms with Gasteiger partial charge in [0.15, 0.2) is 0 Å². The minimum Gasteiger partial charge on any atom is -0.326 e. The Bertz CT molecular complexity index is 139. The number of rotatable bonds is 0. The Morgan fingerprint density at radius 2 is 2.11 bits per heavy atom. The van der Waals surface area contributed by atoms with Crippen LogP contribution in [0.1, 0.15) is 14.2 Å². The second kappa shape index (κ2) is 1.96. The second-order valence-electron chi connectivity index (χ2n) is 3.13. The summed E-state index contributed by atoms with van der Waals surface area (Å²) in [6.45, 7) is 3.13. The van der Waals surface area contributed by atoms with Crippen molar-refractivity contribution in [3.8, 4) is 0 Å². The lowest BCUT2D eigenvalue weighted by molar-refractivity contribution is 0.0896. The fraction of sp³-hybridized carbons (Fsp3) is 1.00. The van der Waals surface area contributed by atoms with Gasteiger partial charge in [0.1, 0.15) is 0 Å². The summed E-state index contributed by atoms with van der Waals surface area (Å²) in [7, 11) is 0. The summed E-state index contributed by atoms with van der Waals surface area (Å²) in [4.78, 5) is 2.30. The molecule has 0 aromatic rings. The molecule has 0 aliphatic carbocycles. The predicted molar refractivity (Wildman–Crippen MR) is 37.1 cm³/mol. The van der Waals surface area contributed by atoms with Crippen molar-refractivity contribution in [2.45, 2.75) is 18.9 Å². The maximum absolute atomic E-state index is 7.75. The lowest BCUT2D eigenvalue weighted by Gasteiger charge is -2.43. The van der Waals surface area contributed by atoms with Crippen LogP contribution in [-0.4, -0.2) is 30.6 Å². The van der Waals surface area contributed by atoms with Gasteiger partial charge in [-0.1, -0.05) is 0 Å². The molecular weight excluding hydrogens is 112 g/mol. The molecule has 0 amide bonds. The van der Waals surface area contributed by atoms with Gasteiger partial charge in [0, 0.05) is 13.9 Å². The van der Waals surface area contributed by atoms with Crippen molar-refractivity contribution in [3.63, 3.8) is 0 Å². The van der Waals surface area contributed by atoms with Crippen LogP contribution in [0.2, 0.25) is 0 Å². The molecule has 3 fully saturated rings. The van der Waals surface area contributed by atoms with Crippen LogP contribution in [-0.2, 0) is 0 Å². The van der Waals surface area contributed by atoms with Crippen molar-refractivity contribution in [3.05, 3.63) is 0 Å². The van der Waals surface area contributed by atoms with Crippen molar-refractivity contribution in [2.24, 2.45) is 11.7 Å². The molecular formula is C7H14N2. The average Bonchev–Trinajstić information content (AvgIpc) is 1.87. The summed E-state index contributed by atoms with van der Waals surface area (Å²) in [6.07, 6.45) is 2.28. The highest BCUT2D eigenvalue weighted by atomic mass is 15.2. The third kappa shape index (κ3) is 0.864. The summed E-state index contributed by atoms with van der Waals surface area (Å²) in [5, 5.41) is 0. The first kappa shape index (κ1) is 4.69. The van der Waals surface area contributed by atoms with Crippen molar-refractivity contribution in [1.82, 2.24) is 4.90 Å². The van der Waals surface area contributed by atoms with Gasteiger partial charge in [0.25, 0.3) is 0 Å². The third-order valence-electron chi connectivity index (χ3n) is 2.52. The highest BCUT2D eigenvalue weighted by molar-refractivity contribution is 4.88. The number of piperidine rings is 3. The third-order valence-corrected chi connectivity index (χ3v) is 2.52. The molecule has 1 atom stereocenters. The summed E-state index contributed by atoms with van der Waals surface area (Å²) in [5.41, 5.74) is 5.79. The first-order chi connectivity index (χ1) is 4.68. The van der Waals surface area contributed by atoms with Gasteiger partial charge >= 0.3 is 0 Å². The van der Waals surface area contributed by atoms with Crippen molar-refractivity contribution in [1.29, 1.82) is 0 Å².